The number of halogens is 1. The fraction of sp³-hybridized carbons (Fsp3) is 0. The number of hydrogen-bond acceptors (Lipinski definition) is 0. The van der Waals surface area contributed by atoms with Gasteiger partial charge in [-0.05, 0) is 17.7 Å². The molecule has 0 spiro atoms. The Morgan fingerprint density at radius 3 is 2.35 bits per heavy atom. The Morgan fingerprint density at radius 1 is 0.750 bits per heavy atom. The monoisotopic (exact) mass is 277 g/mol. The summed E-state index contributed by atoms with van der Waals surface area (Å²) in [5.74, 6) is 0. The van der Waals surface area contributed by atoms with Crippen LogP contribution in [0.15, 0.2) is 66.7 Å². The van der Waals surface area contributed by atoms with E-state index in [1.807, 2.05) is 24.3 Å². The quantitative estimate of drug-likeness (QED) is 0.463. The zero-order valence-corrected chi connectivity index (χ0v) is 11.5. The zero-order valence-electron chi connectivity index (χ0n) is 10.7. The lowest BCUT2D eigenvalue weighted by molar-refractivity contribution is 1.53. The van der Waals surface area contributed by atoms with Crippen molar-refractivity contribution >= 4 is 33.4 Å². The fourth-order valence-corrected chi connectivity index (χ4v) is 3.03. The molecule has 1 nitrogen and oxygen atoms in total. The number of aromatic nitrogens is 1. The predicted octanol–water partition coefficient (Wildman–Crippen LogP) is 5.64. The summed E-state index contributed by atoms with van der Waals surface area (Å²) in [6.45, 7) is 0. The summed E-state index contributed by atoms with van der Waals surface area (Å²) < 4.78 is 0. The highest BCUT2D eigenvalue weighted by atomic mass is 35.5. The molecule has 96 valence electrons. The Bertz CT molecular complexity index is 907. The van der Waals surface area contributed by atoms with Crippen LogP contribution < -0.4 is 0 Å². The van der Waals surface area contributed by atoms with E-state index in [0.29, 0.717) is 0 Å². The number of H-pyrrole nitrogens is 1. The molecule has 0 aliphatic heterocycles. The minimum Gasteiger partial charge on any atom is -0.354 e. The lowest BCUT2D eigenvalue weighted by Gasteiger charge is -2.04. The van der Waals surface area contributed by atoms with Crippen LogP contribution >= 0.6 is 11.6 Å². The molecule has 0 saturated carbocycles. The highest BCUT2D eigenvalue weighted by molar-refractivity contribution is 6.38. The van der Waals surface area contributed by atoms with Gasteiger partial charge < -0.3 is 4.98 Å². The Morgan fingerprint density at radius 2 is 1.50 bits per heavy atom. The summed E-state index contributed by atoms with van der Waals surface area (Å²) in [6.07, 6.45) is 0. The van der Waals surface area contributed by atoms with Gasteiger partial charge in [-0.15, -0.1) is 0 Å². The minimum absolute atomic E-state index is 0.789. The maximum atomic E-state index is 6.42. The Balaban J connectivity index is 2.16. The van der Waals surface area contributed by atoms with E-state index in [2.05, 4.69) is 47.4 Å². The molecule has 0 bridgehead atoms. The van der Waals surface area contributed by atoms with Crippen LogP contribution in [0.5, 0.6) is 0 Å². The maximum absolute atomic E-state index is 6.42. The van der Waals surface area contributed by atoms with Crippen LogP contribution in [0.3, 0.4) is 0 Å². The topological polar surface area (TPSA) is 15.8 Å². The number of para-hydroxylation sites is 1. The summed E-state index contributed by atoms with van der Waals surface area (Å²) >= 11 is 6.42. The van der Waals surface area contributed by atoms with Crippen LogP contribution in [0.25, 0.3) is 32.9 Å². The standard InChI is InChI=1S/C18H12ClN/c19-15-11-10-13(12-6-2-1-3-7-12)18-17(15)14-8-4-5-9-16(14)20-18/h1-11,20H. The molecule has 4 rings (SSSR count). The second-order valence-corrected chi connectivity index (χ2v) is 5.29. The van der Waals surface area contributed by atoms with Gasteiger partial charge >= 0.3 is 0 Å². The van der Waals surface area contributed by atoms with Gasteiger partial charge in [-0.3, -0.25) is 0 Å². The molecule has 0 atom stereocenters. The molecule has 4 aromatic rings. The molecule has 20 heavy (non-hydrogen) atoms. The van der Waals surface area contributed by atoms with Crippen molar-refractivity contribution in [3.05, 3.63) is 71.8 Å². The van der Waals surface area contributed by atoms with Gasteiger partial charge in [0.05, 0.1) is 10.5 Å². The van der Waals surface area contributed by atoms with Crippen molar-refractivity contribution in [2.24, 2.45) is 0 Å². The first-order valence-corrected chi connectivity index (χ1v) is 6.97. The zero-order chi connectivity index (χ0) is 13.5. The largest absolute Gasteiger partial charge is 0.354 e. The highest BCUT2D eigenvalue weighted by Crippen LogP contribution is 2.37. The highest BCUT2D eigenvalue weighted by Gasteiger charge is 2.12. The van der Waals surface area contributed by atoms with Crippen molar-refractivity contribution in [3.8, 4) is 11.1 Å². The molecule has 0 saturated heterocycles. The third-order valence-electron chi connectivity index (χ3n) is 3.70. The molecular formula is C18H12ClN. The van der Waals surface area contributed by atoms with E-state index in [1.165, 1.54) is 16.5 Å². The third-order valence-corrected chi connectivity index (χ3v) is 4.01. The molecule has 1 aromatic heterocycles. The van der Waals surface area contributed by atoms with E-state index >= 15 is 0 Å². The van der Waals surface area contributed by atoms with Crippen molar-refractivity contribution in [2.45, 2.75) is 0 Å². The molecular weight excluding hydrogens is 266 g/mol. The molecule has 0 amide bonds. The molecule has 1 N–H and O–H groups in total. The summed E-state index contributed by atoms with van der Waals surface area (Å²) in [6, 6.07) is 22.7. The number of benzene rings is 3. The van der Waals surface area contributed by atoms with Gasteiger partial charge in [0.1, 0.15) is 0 Å². The van der Waals surface area contributed by atoms with Crippen molar-refractivity contribution in [1.29, 1.82) is 0 Å². The number of hydrogen-bond donors (Lipinski definition) is 1. The first-order chi connectivity index (χ1) is 9.84. The minimum atomic E-state index is 0.789. The Kier molecular flexibility index (Phi) is 2.54. The van der Waals surface area contributed by atoms with Crippen LogP contribution in [0, 0.1) is 0 Å². The summed E-state index contributed by atoms with van der Waals surface area (Å²) in [5, 5.41) is 3.06. The predicted molar refractivity (Wildman–Crippen MR) is 86.3 cm³/mol. The van der Waals surface area contributed by atoms with E-state index in [1.54, 1.807) is 0 Å². The smallest absolute Gasteiger partial charge is 0.0559 e. The lowest BCUT2D eigenvalue weighted by atomic mass is 10.0. The van der Waals surface area contributed by atoms with Crippen LogP contribution in [0.1, 0.15) is 0 Å². The summed E-state index contributed by atoms with van der Waals surface area (Å²) in [5.41, 5.74) is 4.60. The normalized spacial score (nSPS) is 11.2. The van der Waals surface area contributed by atoms with E-state index in [0.717, 1.165) is 21.4 Å². The molecule has 0 aliphatic rings. The Hall–Kier alpha value is -2.25. The SMILES string of the molecule is Clc1ccc(-c2ccccc2)c2[nH]c3ccccc3c12. The van der Waals surface area contributed by atoms with Crippen LogP contribution in [0.4, 0.5) is 0 Å². The maximum Gasteiger partial charge on any atom is 0.0559 e. The molecule has 0 aliphatic carbocycles. The number of fused-ring (bicyclic) bond motifs is 3. The van der Waals surface area contributed by atoms with Crippen LogP contribution in [0.2, 0.25) is 5.02 Å². The van der Waals surface area contributed by atoms with E-state index < -0.39 is 0 Å². The van der Waals surface area contributed by atoms with Crippen molar-refractivity contribution in [2.75, 3.05) is 0 Å². The average Bonchev–Trinajstić information content (AvgIpc) is 2.88. The molecule has 2 heteroatoms. The molecule has 0 radical (unpaired) electrons. The molecule has 0 unspecified atom stereocenters. The van der Waals surface area contributed by atoms with Gasteiger partial charge in [0.25, 0.3) is 0 Å². The second-order valence-electron chi connectivity index (χ2n) is 4.88. The Labute approximate surface area is 121 Å². The van der Waals surface area contributed by atoms with Gasteiger partial charge in [0.2, 0.25) is 0 Å². The van der Waals surface area contributed by atoms with Gasteiger partial charge in [0, 0.05) is 21.9 Å². The van der Waals surface area contributed by atoms with Crippen molar-refractivity contribution < 1.29 is 0 Å². The van der Waals surface area contributed by atoms with Gasteiger partial charge in [-0.1, -0.05) is 66.2 Å². The first kappa shape index (κ1) is 11.6. The number of nitrogens with one attached hydrogen (secondary N) is 1. The van der Waals surface area contributed by atoms with E-state index in [4.69, 9.17) is 11.6 Å². The van der Waals surface area contributed by atoms with Crippen molar-refractivity contribution in [3.63, 3.8) is 0 Å². The fourth-order valence-electron chi connectivity index (χ4n) is 2.77. The second kappa shape index (κ2) is 4.39. The molecule has 0 fully saturated rings. The van der Waals surface area contributed by atoms with E-state index in [9.17, 15) is 0 Å². The van der Waals surface area contributed by atoms with Gasteiger partial charge in [-0.25, -0.2) is 0 Å². The van der Waals surface area contributed by atoms with Gasteiger partial charge in [0.15, 0.2) is 0 Å². The molecule has 3 aromatic carbocycles. The van der Waals surface area contributed by atoms with Crippen LogP contribution in [-0.2, 0) is 0 Å². The number of rotatable bonds is 1. The van der Waals surface area contributed by atoms with Crippen molar-refractivity contribution in [1.82, 2.24) is 4.98 Å². The summed E-state index contributed by atoms with van der Waals surface area (Å²) in [4.78, 5) is 3.50. The molecule has 1 heterocycles. The van der Waals surface area contributed by atoms with Gasteiger partial charge in [-0.2, -0.15) is 0 Å². The summed E-state index contributed by atoms with van der Waals surface area (Å²) in [7, 11) is 0. The first-order valence-electron chi connectivity index (χ1n) is 6.59. The van der Waals surface area contributed by atoms with Crippen LogP contribution in [-0.4, -0.2) is 4.98 Å². The average molecular weight is 278 g/mol. The lowest BCUT2D eigenvalue weighted by Crippen LogP contribution is -1.80. The number of aromatic amines is 1. The van der Waals surface area contributed by atoms with E-state index in [-0.39, 0.29) is 0 Å². The third kappa shape index (κ3) is 1.64.